The summed E-state index contributed by atoms with van der Waals surface area (Å²) in [5, 5.41) is 16.4. The third kappa shape index (κ3) is 3.95. The van der Waals surface area contributed by atoms with E-state index in [-0.39, 0.29) is 24.1 Å². The SMILES string of the molecule is Cc1nc(CCNC(=O)NC2CCCC2(C)CO)sc1C. The van der Waals surface area contributed by atoms with Crippen LogP contribution in [0.5, 0.6) is 0 Å². The molecule has 2 amide bonds. The van der Waals surface area contributed by atoms with Gasteiger partial charge >= 0.3 is 6.03 Å². The summed E-state index contributed by atoms with van der Waals surface area (Å²) in [7, 11) is 0. The van der Waals surface area contributed by atoms with Gasteiger partial charge in [-0.2, -0.15) is 0 Å². The minimum atomic E-state index is -0.180. The Morgan fingerprint density at radius 1 is 1.52 bits per heavy atom. The highest BCUT2D eigenvalue weighted by Gasteiger charge is 2.38. The second-order valence-electron chi connectivity index (χ2n) is 6.16. The molecule has 21 heavy (non-hydrogen) atoms. The van der Waals surface area contributed by atoms with Gasteiger partial charge in [0.25, 0.3) is 0 Å². The maximum Gasteiger partial charge on any atom is 0.315 e. The molecule has 2 unspecified atom stereocenters. The molecule has 0 aliphatic heterocycles. The number of urea groups is 1. The second kappa shape index (κ2) is 6.75. The van der Waals surface area contributed by atoms with Crippen molar-refractivity contribution < 1.29 is 9.90 Å². The van der Waals surface area contributed by atoms with Crippen molar-refractivity contribution in [1.82, 2.24) is 15.6 Å². The molecule has 1 fully saturated rings. The molecule has 5 nitrogen and oxygen atoms in total. The molecule has 1 aliphatic carbocycles. The highest BCUT2D eigenvalue weighted by Crippen LogP contribution is 2.37. The number of rotatable bonds is 5. The number of amides is 2. The van der Waals surface area contributed by atoms with Gasteiger partial charge in [0.05, 0.1) is 17.3 Å². The topological polar surface area (TPSA) is 74.2 Å². The van der Waals surface area contributed by atoms with Crippen LogP contribution in [0.25, 0.3) is 0 Å². The van der Waals surface area contributed by atoms with Crippen LogP contribution in [0.1, 0.15) is 41.8 Å². The van der Waals surface area contributed by atoms with E-state index in [9.17, 15) is 9.90 Å². The predicted molar refractivity (Wildman–Crippen MR) is 84.7 cm³/mol. The lowest BCUT2D eigenvalue weighted by Gasteiger charge is -2.30. The third-order valence-corrected chi connectivity index (χ3v) is 5.58. The Hall–Kier alpha value is -1.14. The maximum absolute atomic E-state index is 11.9. The van der Waals surface area contributed by atoms with Crippen LogP contribution in [-0.2, 0) is 6.42 Å². The van der Waals surface area contributed by atoms with E-state index in [2.05, 4.69) is 22.5 Å². The average Bonchev–Trinajstić information content (AvgIpc) is 2.95. The number of aliphatic hydroxyl groups excluding tert-OH is 1. The number of aryl methyl sites for hydroxylation is 2. The van der Waals surface area contributed by atoms with E-state index in [1.54, 1.807) is 11.3 Å². The van der Waals surface area contributed by atoms with Gasteiger partial charge in [-0.3, -0.25) is 0 Å². The molecule has 3 N–H and O–H groups in total. The summed E-state index contributed by atoms with van der Waals surface area (Å²) in [6.07, 6.45) is 3.72. The van der Waals surface area contributed by atoms with Crippen molar-refractivity contribution in [2.75, 3.05) is 13.2 Å². The van der Waals surface area contributed by atoms with Gasteiger partial charge in [0, 0.05) is 29.3 Å². The van der Waals surface area contributed by atoms with E-state index in [0.29, 0.717) is 6.54 Å². The molecule has 1 aromatic rings. The number of hydrogen-bond donors (Lipinski definition) is 3. The van der Waals surface area contributed by atoms with Gasteiger partial charge in [-0.15, -0.1) is 11.3 Å². The number of hydrogen-bond acceptors (Lipinski definition) is 4. The zero-order valence-corrected chi connectivity index (χ0v) is 13.8. The Bertz CT molecular complexity index is 484. The molecule has 1 aromatic heterocycles. The fourth-order valence-corrected chi connectivity index (χ4v) is 3.74. The van der Waals surface area contributed by atoms with Crippen molar-refractivity contribution in [2.24, 2.45) is 5.41 Å². The first-order chi connectivity index (χ1) is 9.94. The van der Waals surface area contributed by atoms with Crippen molar-refractivity contribution in [2.45, 2.75) is 52.5 Å². The minimum Gasteiger partial charge on any atom is -0.396 e. The van der Waals surface area contributed by atoms with E-state index in [1.165, 1.54) is 4.88 Å². The summed E-state index contributed by atoms with van der Waals surface area (Å²) in [6.45, 7) is 6.81. The summed E-state index contributed by atoms with van der Waals surface area (Å²) in [5.74, 6) is 0. The number of nitrogens with zero attached hydrogens (tertiary/aromatic N) is 1. The molecule has 1 saturated carbocycles. The van der Waals surface area contributed by atoms with Gasteiger partial charge in [0.1, 0.15) is 0 Å². The summed E-state index contributed by atoms with van der Waals surface area (Å²) in [4.78, 5) is 17.6. The van der Waals surface area contributed by atoms with Crippen molar-refractivity contribution in [3.05, 3.63) is 15.6 Å². The van der Waals surface area contributed by atoms with E-state index >= 15 is 0 Å². The molecule has 0 radical (unpaired) electrons. The first-order valence-electron chi connectivity index (χ1n) is 7.53. The zero-order chi connectivity index (χ0) is 15.5. The number of aromatic nitrogens is 1. The van der Waals surface area contributed by atoms with Crippen LogP contribution in [0.4, 0.5) is 4.79 Å². The average molecular weight is 311 g/mol. The molecule has 1 heterocycles. The van der Waals surface area contributed by atoms with Crippen LogP contribution in [0.3, 0.4) is 0 Å². The van der Waals surface area contributed by atoms with Gasteiger partial charge in [-0.1, -0.05) is 13.3 Å². The first kappa shape index (κ1) is 16.2. The van der Waals surface area contributed by atoms with Crippen LogP contribution in [0.15, 0.2) is 0 Å². The molecule has 6 heteroatoms. The molecule has 118 valence electrons. The maximum atomic E-state index is 11.9. The van der Waals surface area contributed by atoms with E-state index in [4.69, 9.17) is 0 Å². The summed E-state index contributed by atoms with van der Waals surface area (Å²) < 4.78 is 0. The summed E-state index contributed by atoms with van der Waals surface area (Å²) >= 11 is 1.69. The van der Waals surface area contributed by atoms with Crippen molar-refractivity contribution in [3.8, 4) is 0 Å². The number of thiazole rings is 1. The number of nitrogens with one attached hydrogen (secondary N) is 2. The van der Waals surface area contributed by atoms with Crippen molar-refractivity contribution in [1.29, 1.82) is 0 Å². The largest absolute Gasteiger partial charge is 0.396 e. The zero-order valence-electron chi connectivity index (χ0n) is 13.0. The summed E-state index contributed by atoms with van der Waals surface area (Å²) in [6, 6.07) is -0.0848. The molecule has 0 saturated heterocycles. The molecular formula is C15H25N3O2S. The van der Waals surface area contributed by atoms with Crippen molar-refractivity contribution >= 4 is 17.4 Å². The lowest BCUT2D eigenvalue weighted by atomic mass is 9.86. The molecule has 2 atom stereocenters. The van der Waals surface area contributed by atoms with Crippen LogP contribution in [0.2, 0.25) is 0 Å². The molecular weight excluding hydrogens is 286 g/mol. The number of carbonyl (C=O) groups excluding carboxylic acids is 1. The molecule has 2 rings (SSSR count). The smallest absolute Gasteiger partial charge is 0.315 e. The Morgan fingerprint density at radius 2 is 2.29 bits per heavy atom. The normalized spacial score (nSPS) is 25.0. The molecule has 0 bridgehead atoms. The summed E-state index contributed by atoms with van der Waals surface area (Å²) in [5.41, 5.74) is 0.894. The van der Waals surface area contributed by atoms with Gasteiger partial charge in [-0.05, 0) is 26.7 Å². The fourth-order valence-electron chi connectivity index (χ4n) is 2.81. The lowest BCUT2D eigenvalue weighted by molar-refractivity contribution is 0.121. The van der Waals surface area contributed by atoms with Gasteiger partial charge < -0.3 is 15.7 Å². The van der Waals surface area contributed by atoms with Gasteiger partial charge in [-0.25, -0.2) is 9.78 Å². The van der Waals surface area contributed by atoms with E-state index in [0.717, 1.165) is 36.4 Å². The van der Waals surface area contributed by atoms with E-state index < -0.39 is 0 Å². The van der Waals surface area contributed by atoms with Gasteiger partial charge in [0.15, 0.2) is 0 Å². The van der Waals surface area contributed by atoms with Crippen LogP contribution >= 0.6 is 11.3 Å². The Morgan fingerprint density at radius 3 is 2.90 bits per heavy atom. The quantitative estimate of drug-likeness (QED) is 0.780. The number of aliphatic hydroxyl groups is 1. The standard InChI is InChI=1S/C15H25N3O2S/c1-10-11(2)21-13(17-10)6-8-16-14(20)18-12-5-4-7-15(12,3)9-19/h12,19H,4-9H2,1-3H3,(H2,16,18,20). The highest BCUT2D eigenvalue weighted by molar-refractivity contribution is 7.11. The Labute approximate surface area is 130 Å². The monoisotopic (exact) mass is 311 g/mol. The molecule has 0 aromatic carbocycles. The van der Waals surface area contributed by atoms with Crippen LogP contribution in [-0.4, -0.2) is 35.3 Å². The molecule has 1 aliphatic rings. The molecule has 0 spiro atoms. The predicted octanol–water partition coefficient (Wildman–Crippen LogP) is 2.15. The third-order valence-electron chi connectivity index (χ3n) is 4.45. The minimum absolute atomic E-state index is 0.0619. The van der Waals surface area contributed by atoms with Crippen LogP contribution < -0.4 is 10.6 Å². The van der Waals surface area contributed by atoms with Crippen molar-refractivity contribution in [3.63, 3.8) is 0 Å². The van der Waals surface area contributed by atoms with Crippen LogP contribution in [0, 0.1) is 19.3 Å². The number of carbonyl (C=O) groups is 1. The van der Waals surface area contributed by atoms with E-state index in [1.807, 2.05) is 13.8 Å². The second-order valence-corrected chi connectivity index (χ2v) is 7.44. The Kier molecular flexibility index (Phi) is 5.22. The Balaban J connectivity index is 1.75. The first-order valence-corrected chi connectivity index (χ1v) is 8.34. The van der Waals surface area contributed by atoms with Gasteiger partial charge in [0.2, 0.25) is 0 Å². The lowest BCUT2D eigenvalue weighted by Crippen LogP contribution is -2.48. The fraction of sp³-hybridized carbons (Fsp3) is 0.733. The highest BCUT2D eigenvalue weighted by atomic mass is 32.1.